The van der Waals surface area contributed by atoms with Crippen molar-refractivity contribution in [3.63, 3.8) is 0 Å². The molecule has 4 amide bonds. The lowest BCUT2D eigenvalue weighted by molar-refractivity contribution is -0.141. The third-order valence-electron chi connectivity index (χ3n) is 19.9. The molecule has 0 bridgehead atoms. The van der Waals surface area contributed by atoms with Crippen LogP contribution in [0.1, 0.15) is 108 Å². The highest BCUT2D eigenvalue weighted by atomic mass is 32.1. The number of carbonyl (C=O) groups excluding carboxylic acids is 4. The van der Waals surface area contributed by atoms with Gasteiger partial charge in [-0.15, -0.1) is 16.4 Å². The summed E-state index contributed by atoms with van der Waals surface area (Å²) in [4.78, 5) is 57.9. The fourth-order valence-corrected chi connectivity index (χ4v) is 14.2. The first-order chi connectivity index (χ1) is 62.2. The number of nitrogens with zero attached hydrogens (tertiary/aromatic N) is 19. The Kier molecular flexibility index (Phi) is 25.8. The van der Waals surface area contributed by atoms with Crippen LogP contribution >= 0.6 is 11.3 Å². The molecule has 19 rings (SSSR count). The van der Waals surface area contributed by atoms with Gasteiger partial charge in [-0.1, -0.05) is 120 Å². The molecule has 9 aromatic carbocycles. The highest BCUT2D eigenvalue weighted by Gasteiger charge is 2.32. The minimum absolute atomic E-state index is 0.121. The van der Waals surface area contributed by atoms with E-state index in [2.05, 4.69) is 96.4 Å². The van der Waals surface area contributed by atoms with Gasteiger partial charge in [0.2, 0.25) is 5.76 Å². The molecule has 0 aliphatic heterocycles. The quantitative estimate of drug-likeness (QED) is 0.0532. The summed E-state index contributed by atoms with van der Waals surface area (Å²) >= 11 is 1.31. The van der Waals surface area contributed by atoms with Crippen LogP contribution in [0.25, 0.3) is 54.5 Å². The first-order valence-electron chi connectivity index (χ1n) is 39.1. The summed E-state index contributed by atoms with van der Waals surface area (Å²) in [5.74, 6) is 1.80. The number of halogens is 3. The smallest absolute Gasteiger partial charge is 0.433 e. The second-order valence-electron chi connectivity index (χ2n) is 28.4. The van der Waals surface area contributed by atoms with Gasteiger partial charge in [-0.2, -0.15) is 64.8 Å². The number of para-hydroxylation sites is 5. The third kappa shape index (κ3) is 20.1. The Balaban J connectivity index is 0.000000123. The maximum Gasteiger partial charge on any atom is 0.433 e. The number of hydrogen-bond donors (Lipinski definition) is 5. The van der Waals surface area contributed by atoms with Crippen molar-refractivity contribution in [2.45, 2.75) is 52.7 Å². The summed E-state index contributed by atoms with van der Waals surface area (Å²) in [5, 5.41) is 84.9. The van der Waals surface area contributed by atoms with Gasteiger partial charge >= 0.3 is 6.18 Å². The number of anilines is 5. The van der Waals surface area contributed by atoms with Crippen LogP contribution in [0, 0.1) is 59.2 Å². The highest BCUT2D eigenvalue weighted by Crippen LogP contribution is 2.32. The Morgan fingerprint density at radius 3 is 1.16 bits per heavy atom. The van der Waals surface area contributed by atoms with E-state index in [1.165, 1.54) is 48.3 Å². The number of nitrogen functional groups attached to an aromatic ring is 1. The number of thiazole rings is 1. The van der Waals surface area contributed by atoms with E-state index in [-0.39, 0.29) is 29.2 Å². The molecule has 10 heterocycles. The summed E-state index contributed by atoms with van der Waals surface area (Å²) in [7, 11) is 0. The van der Waals surface area contributed by atoms with Gasteiger partial charge in [-0.25, -0.2) is 4.98 Å². The number of furan rings is 1. The topological polar surface area (TPSA) is 417 Å². The lowest BCUT2D eigenvalue weighted by Crippen LogP contribution is -2.15. The molecule has 0 unspecified atom stereocenters. The van der Waals surface area contributed by atoms with Gasteiger partial charge in [-0.3, -0.25) is 47.6 Å². The van der Waals surface area contributed by atoms with E-state index in [4.69, 9.17) is 35.7 Å². The van der Waals surface area contributed by atoms with Gasteiger partial charge in [-0.05, 0) is 175 Å². The van der Waals surface area contributed by atoms with Gasteiger partial charge < -0.3 is 35.9 Å². The van der Waals surface area contributed by atoms with Gasteiger partial charge in [0, 0.05) is 45.4 Å². The van der Waals surface area contributed by atoms with Crippen molar-refractivity contribution >= 4 is 119 Å². The molecule has 34 heteroatoms. The zero-order valence-electron chi connectivity index (χ0n) is 67.7. The van der Waals surface area contributed by atoms with Crippen LogP contribution in [0.15, 0.2) is 294 Å². The number of pyridine rings is 1. The van der Waals surface area contributed by atoms with E-state index in [0.29, 0.717) is 112 Å². The summed E-state index contributed by atoms with van der Waals surface area (Å²) in [6.07, 6.45) is 1.19. The lowest BCUT2D eigenvalue weighted by Gasteiger charge is -2.07. The zero-order chi connectivity index (χ0) is 89.2. The Morgan fingerprint density at radius 1 is 0.422 bits per heavy atom. The average Bonchev–Trinajstić information content (AvgIpc) is 1.65. The standard InChI is InChI=1S/C21H16N4O2.C20H14N6O.C20H15N5OS.C19H13N5O2.C14H11F3N4/c1-14-17(10-11-27-14)21(26)23-20-18-4-2-3-5-19(18)25(24-20)13-16-8-6-15(12-22)7-9-16;21-12-14-7-9-15(10-8-14)13-26-18-6-2-1-4-16(18)19(25-26)23-20(27)17-5-3-11-22-24-17;1-13-18(27-12-22-13)20(26)23-19-16-4-2-3-5-17(16)25(24-19)11-15-8-6-14(10-21)7-9-15;20-11-13-5-7-14(8-6-13)12-24-16-4-2-1-3-15(16)18(23-24)22-19(25)17-9-10-21-26-17;15-14(16,17)12-6-5-9(7-19-12)8-21-11-4-2-1-3-10(11)13(18)20-21/h2-11H,13H2,1H3,(H,23,24,26);1-11H,13H2,(H,23,25,27);2-9,12H,11H2,1H3,(H,23,24,26);1-10H,12H2,(H,22,23,25);1-7H,8H2,(H2,18,20). The molecule has 0 spiro atoms. The van der Waals surface area contributed by atoms with E-state index in [1.807, 2.05) is 196 Å². The van der Waals surface area contributed by atoms with Crippen molar-refractivity contribution in [3.05, 3.63) is 374 Å². The Hall–Kier alpha value is -17.9. The van der Waals surface area contributed by atoms with Crippen molar-refractivity contribution in [2.75, 3.05) is 27.0 Å². The molecule has 0 radical (unpaired) electrons. The van der Waals surface area contributed by atoms with Crippen molar-refractivity contribution in [3.8, 4) is 24.3 Å². The first-order valence-corrected chi connectivity index (χ1v) is 40.0. The average molecular weight is 1720 g/mol. The minimum Gasteiger partial charge on any atom is -0.469 e. The normalized spacial score (nSPS) is 10.8. The maximum atomic E-state index is 12.6. The number of amides is 4. The second kappa shape index (κ2) is 38.9. The predicted octanol–water partition coefficient (Wildman–Crippen LogP) is 17.4. The van der Waals surface area contributed by atoms with Gasteiger partial charge in [0.05, 0.1) is 136 Å². The van der Waals surface area contributed by atoms with Crippen LogP contribution in [-0.2, 0) is 38.9 Å². The Bertz CT molecular complexity index is 7210. The van der Waals surface area contributed by atoms with Crippen molar-refractivity contribution in [1.82, 2.24) is 74.2 Å². The zero-order valence-corrected chi connectivity index (χ0v) is 68.6. The molecule has 6 N–H and O–H groups in total. The Labute approximate surface area is 729 Å². The molecule has 0 atom stereocenters. The summed E-state index contributed by atoms with van der Waals surface area (Å²) in [6.45, 7) is 5.98. The fraction of sp³-hybridized carbons (Fsp3) is 0.0851. The van der Waals surface area contributed by atoms with Gasteiger partial charge in [0.25, 0.3) is 23.6 Å². The number of alkyl halides is 3. The number of nitriles is 4. The van der Waals surface area contributed by atoms with Crippen molar-refractivity contribution in [1.29, 1.82) is 21.0 Å². The predicted molar refractivity (Wildman–Crippen MR) is 473 cm³/mol. The van der Waals surface area contributed by atoms with Crippen molar-refractivity contribution < 1.29 is 41.3 Å². The number of aromatic nitrogens is 15. The number of carbonyl (C=O) groups is 4. The second-order valence-corrected chi connectivity index (χ2v) is 29.3. The number of benzene rings is 9. The number of aryl methyl sites for hydroxylation is 2. The molecular weight excluding hydrogens is 1650 g/mol. The van der Waals surface area contributed by atoms with Crippen LogP contribution in [0.4, 0.5) is 42.3 Å². The SMILES string of the molecule is Cc1ncsc1C(=O)Nc1nn(Cc2ccc(C#N)cc2)c2ccccc12.Cc1occc1C(=O)Nc1nn(Cc2ccc(C#N)cc2)c2ccccc12.N#Cc1ccc(Cn2nc(NC(=O)c3cccnn3)c3ccccc32)cc1.N#Cc1ccc(Cn2nc(NC(=O)c3ccno3)c3ccccc32)cc1.Nc1nn(Cc2ccc(C(F)(F)F)nc2)c2ccccc12. The minimum atomic E-state index is -4.43. The monoisotopic (exact) mass is 1720 g/mol. The number of fused-ring (bicyclic) bond motifs is 5. The van der Waals surface area contributed by atoms with Crippen LogP contribution in [-0.4, -0.2) is 97.9 Å². The lowest BCUT2D eigenvalue weighted by atomic mass is 10.1. The molecule has 0 saturated carbocycles. The van der Waals surface area contributed by atoms with Crippen molar-refractivity contribution in [2.24, 2.45) is 0 Å². The largest absolute Gasteiger partial charge is 0.469 e. The van der Waals surface area contributed by atoms with Crippen LogP contribution in [0.5, 0.6) is 0 Å². The maximum absolute atomic E-state index is 12.6. The van der Waals surface area contributed by atoms with Crippen LogP contribution in [0.2, 0.25) is 0 Å². The van der Waals surface area contributed by atoms with E-state index >= 15 is 0 Å². The first kappa shape index (κ1) is 85.1. The van der Waals surface area contributed by atoms with Gasteiger partial charge in [0.15, 0.2) is 34.8 Å². The Morgan fingerprint density at radius 2 is 0.805 bits per heavy atom. The van der Waals surface area contributed by atoms with E-state index in [0.717, 1.165) is 82.8 Å². The number of hydrogen-bond acceptors (Lipinski definition) is 22. The molecular formula is C94H69F3N24O6S. The molecule has 19 aromatic rings. The summed E-state index contributed by atoms with van der Waals surface area (Å²) in [5.41, 5.74) is 19.6. The van der Waals surface area contributed by atoms with Gasteiger partial charge in [0.1, 0.15) is 16.3 Å². The molecule has 0 aliphatic rings. The third-order valence-corrected chi connectivity index (χ3v) is 20.8. The molecule has 628 valence electrons. The molecule has 10 aromatic heterocycles. The molecule has 0 aliphatic carbocycles. The highest BCUT2D eigenvalue weighted by molar-refractivity contribution is 7.12. The summed E-state index contributed by atoms with van der Waals surface area (Å²) in [6, 6.07) is 84.9. The molecule has 30 nitrogen and oxygen atoms in total. The number of nitrogens with one attached hydrogen (secondary N) is 4. The van der Waals surface area contributed by atoms with Crippen LogP contribution in [0.3, 0.4) is 0 Å². The molecule has 128 heavy (non-hydrogen) atoms. The molecule has 0 saturated heterocycles. The van der Waals surface area contributed by atoms with E-state index in [1.54, 1.807) is 83.8 Å². The number of nitrogens with two attached hydrogens (primary N) is 1. The molecule has 0 fully saturated rings. The van der Waals surface area contributed by atoms with Crippen LogP contribution < -0.4 is 27.0 Å². The number of rotatable bonds is 18. The van der Waals surface area contributed by atoms with E-state index in [9.17, 15) is 32.3 Å². The summed E-state index contributed by atoms with van der Waals surface area (Å²) < 4.78 is 56.4. The van der Waals surface area contributed by atoms with E-state index < -0.39 is 17.8 Å². The fourth-order valence-electron chi connectivity index (χ4n) is 13.5.